The first-order valence-corrected chi connectivity index (χ1v) is 2.67. The number of aliphatic hydroxyl groups excluding tert-OH is 1. The molecule has 1 N–H and O–H groups in total. The monoisotopic (exact) mass is 98.1 g/mol. The molecule has 1 aliphatic rings. The summed E-state index contributed by atoms with van der Waals surface area (Å²) in [5, 5.41) is 8.77. The van der Waals surface area contributed by atoms with Crippen molar-refractivity contribution >= 4 is 0 Å². The predicted octanol–water partition coefficient (Wildman–Crippen LogP) is 1.86. The quantitative estimate of drug-likeness (QED) is 0.530. The molecule has 0 fully saturated rings. The summed E-state index contributed by atoms with van der Waals surface area (Å²) in [5.41, 5.74) is 1.18. The standard InChI is InChI=1S/C6H10O/c1-3-5-4(2)6(5)7/h5,7H,3H2,1-2H3. The van der Waals surface area contributed by atoms with Crippen molar-refractivity contribution in [2.45, 2.75) is 20.3 Å². The SMILES string of the molecule is CCC1C(C)=C1O. The van der Waals surface area contributed by atoms with E-state index in [0.717, 1.165) is 6.42 Å². The molecular weight excluding hydrogens is 88.1 g/mol. The van der Waals surface area contributed by atoms with Crippen molar-refractivity contribution < 1.29 is 5.11 Å². The van der Waals surface area contributed by atoms with E-state index in [2.05, 4.69) is 6.92 Å². The molecule has 0 bridgehead atoms. The van der Waals surface area contributed by atoms with Crippen LogP contribution in [0.1, 0.15) is 20.3 Å². The Hall–Kier alpha value is -0.460. The minimum Gasteiger partial charge on any atom is -0.512 e. The summed E-state index contributed by atoms with van der Waals surface area (Å²) in [6, 6.07) is 0. The lowest BCUT2D eigenvalue weighted by Gasteiger charge is -1.83. The minimum atomic E-state index is 0.458. The van der Waals surface area contributed by atoms with Gasteiger partial charge in [-0.05, 0) is 18.9 Å². The molecular formula is C6H10O. The zero-order valence-corrected chi connectivity index (χ0v) is 4.73. The molecule has 0 aromatic carbocycles. The summed E-state index contributed by atoms with van der Waals surface area (Å²) in [5.74, 6) is 1.09. The average Bonchev–Trinajstić information content (AvgIpc) is 2.17. The molecule has 0 saturated carbocycles. The third-order valence-corrected chi connectivity index (χ3v) is 1.58. The molecule has 1 nitrogen and oxygen atoms in total. The number of hydrogen-bond donors (Lipinski definition) is 1. The van der Waals surface area contributed by atoms with Crippen molar-refractivity contribution in [3.63, 3.8) is 0 Å². The maximum Gasteiger partial charge on any atom is 0.0991 e. The van der Waals surface area contributed by atoms with E-state index in [4.69, 9.17) is 5.11 Å². The van der Waals surface area contributed by atoms with Crippen molar-refractivity contribution in [3.05, 3.63) is 11.3 Å². The molecule has 1 unspecified atom stereocenters. The Balaban J connectivity index is 2.37. The van der Waals surface area contributed by atoms with Gasteiger partial charge in [-0.2, -0.15) is 0 Å². The van der Waals surface area contributed by atoms with Crippen LogP contribution in [0.4, 0.5) is 0 Å². The van der Waals surface area contributed by atoms with Crippen molar-refractivity contribution in [1.82, 2.24) is 0 Å². The molecule has 1 heteroatoms. The Morgan fingerprint density at radius 3 is 2.14 bits per heavy atom. The molecule has 40 valence electrons. The van der Waals surface area contributed by atoms with E-state index in [9.17, 15) is 0 Å². The van der Waals surface area contributed by atoms with Gasteiger partial charge in [0, 0.05) is 5.92 Å². The van der Waals surface area contributed by atoms with Crippen LogP contribution in [0.25, 0.3) is 0 Å². The smallest absolute Gasteiger partial charge is 0.0991 e. The van der Waals surface area contributed by atoms with E-state index >= 15 is 0 Å². The third kappa shape index (κ3) is 0.521. The molecule has 0 aromatic rings. The summed E-state index contributed by atoms with van der Waals surface area (Å²) >= 11 is 0. The molecule has 1 rings (SSSR count). The number of allylic oxidation sites excluding steroid dienone is 2. The second kappa shape index (κ2) is 1.25. The van der Waals surface area contributed by atoms with Gasteiger partial charge in [0.25, 0.3) is 0 Å². The van der Waals surface area contributed by atoms with Crippen molar-refractivity contribution in [2.75, 3.05) is 0 Å². The molecule has 0 heterocycles. The Morgan fingerprint density at radius 2 is 2.14 bits per heavy atom. The van der Waals surface area contributed by atoms with E-state index in [1.54, 1.807) is 0 Å². The van der Waals surface area contributed by atoms with Gasteiger partial charge in [-0.3, -0.25) is 0 Å². The zero-order valence-electron chi connectivity index (χ0n) is 4.73. The molecule has 0 aromatic heterocycles. The van der Waals surface area contributed by atoms with Gasteiger partial charge in [-0.15, -0.1) is 0 Å². The Labute approximate surface area is 43.7 Å². The lowest BCUT2D eigenvalue weighted by atomic mass is 10.2. The molecule has 0 radical (unpaired) electrons. The third-order valence-electron chi connectivity index (χ3n) is 1.58. The number of rotatable bonds is 1. The van der Waals surface area contributed by atoms with E-state index in [1.165, 1.54) is 5.57 Å². The molecule has 7 heavy (non-hydrogen) atoms. The molecule has 1 atom stereocenters. The molecule has 1 aliphatic carbocycles. The van der Waals surface area contributed by atoms with Crippen LogP contribution in [-0.2, 0) is 0 Å². The minimum absolute atomic E-state index is 0.458. The van der Waals surface area contributed by atoms with Crippen molar-refractivity contribution in [3.8, 4) is 0 Å². The lowest BCUT2D eigenvalue weighted by Crippen LogP contribution is -1.74. The van der Waals surface area contributed by atoms with Crippen LogP contribution in [0.15, 0.2) is 11.3 Å². The van der Waals surface area contributed by atoms with Gasteiger partial charge in [0.2, 0.25) is 0 Å². The van der Waals surface area contributed by atoms with E-state index in [1.807, 2.05) is 6.92 Å². The van der Waals surface area contributed by atoms with Crippen LogP contribution in [-0.4, -0.2) is 5.11 Å². The van der Waals surface area contributed by atoms with Gasteiger partial charge >= 0.3 is 0 Å². The molecule has 0 saturated heterocycles. The van der Waals surface area contributed by atoms with Gasteiger partial charge in [-0.1, -0.05) is 6.92 Å². The van der Waals surface area contributed by atoms with Gasteiger partial charge in [-0.25, -0.2) is 0 Å². The highest BCUT2D eigenvalue weighted by atomic mass is 16.3. The topological polar surface area (TPSA) is 20.2 Å². The first-order chi connectivity index (χ1) is 3.27. The highest BCUT2D eigenvalue weighted by Gasteiger charge is 2.30. The van der Waals surface area contributed by atoms with Crippen LogP contribution in [0.2, 0.25) is 0 Å². The largest absolute Gasteiger partial charge is 0.512 e. The fourth-order valence-corrected chi connectivity index (χ4v) is 0.875. The summed E-state index contributed by atoms with van der Waals surface area (Å²) in [4.78, 5) is 0. The normalized spacial score (nSPS) is 28.6. The first-order valence-electron chi connectivity index (χ1n) is 2.67. The second-order valence-corrected chi connectivity index (χ2v) is 2.03. The van der Waals surface area contributed by atoms with Gasteiger partial charge in [0.05, 0.1) is 5.76 Å². The molecule has 0 spiro atoms. The molecule has 0 amide bonds. The highest BCUT2D eigenvalue weighted by molar-refractivity contribution is 5.32. The summed E-state index contributed by atoms with van der Waals surface area (Å²) in [6.45, 7) is 4.06. The van der Waals surface area contributed by atoms with Gasteiger partial charge < -0.3 is 5.11 Å². The fraction of sp³-hybridized carbons (Fsp3) is 0.667. The lowest BCUT2D eigenvalue weighted by molar-refractivity contribution is 0.407. The number of hydrogen-bond acceptors (Lipinski definition) is 1. The second-order valence-electron chi connectivity index (χ2n) is 2.03. The van der Waals surface area contributed by atoms with Crippen molar-refractivity contribution in [2.24, 2.45) is 5.92 Å². The average molecular weight is 98.1 g/mol. The zero-order chi connectivity index (χ0) is 5.44. The first kappa shape index (κ1) is 4.69. The van der Waals surface area contributed by atoms with Crippen LogP contribution < -0.4 is 0 Å². The molecule has 0 aliphatic heterocycles. The van der Waals surface area contributed by atoms with Crippen molar-refractivity contribution in [1.29, 1.82) is 0 Å². The maximum absolute atomic E-state index is 8.77. The summed E-state index contributed by atoms with van der Waals surface area (Å²) < 4.78 is 0. The highest BCUT2D eigenvalue weighted by Crippen LogP contribution is 2.38. The summed E-state index contributed by atoms with van der Waals surface area (Å²) in [7, 11) is 0. The van der Waals surface area contributed by atoms with E-state index in [-0.39, 0.29) is 0 Å². The van der Waals surface area contributed by atoms with Crippen LogP contribution in [0.3, 0.4) is 0 Å². The summed E-state index contributed by atoms with van der Waals surface area (Å²) in [6.07, 6.45) is 1.07. The maximum atomic E-state index is 8.77. The van der Waals surface area contributed by atoms with Gasteiger partial charge in [0.15, 0.2) is 0 Å². The van der Waals surface area contributed by atoms with E-state index in [0.29, 0.717) is 11.7 Å². The van der Waals surface area contributed by atoms with Crippen LogP contribution in [0, 0.1) is 5.92 Å². The number of aliphatic hydroxyl groups is 1. The fourth-order valence-electron chi connectivity index (χ4n) is 0.875. The Kier molecular flexibility index (Phi) is 0.841. The Morgan fingerprint density at radius 1 is 1.71 bits per heavy atom. The predicted molar refractivity (Wildman–Crippen MR) is 29.1 cm³/mol. The Bertz CT molecular complexity index is 101. The van der Waals surface area contributed by atoms with Crippen LogP contribution in [0.5, 0.6) is 0 Å². The van der Waals surface area contributed by atoms with Gasteiger partial charge in [0.1, 0.15) is 0 Å². The van der Waals surface area contributed by atoms with Crippen LogP contribution >= 0.6 is 0 Å². The van der Waals surface area contributed by atoms with E-state index < -0.39 is 0 Å².